The van der Waals surface area contributed by atoms with Crippen molar-refractivity contribution in [3.63, 3.8) is 0 Å². The van der Waals surface area contributed by atoms with Crippen molar-refractivity contribution in [2.45, 2.75) is 94.8 Å². The van der Waals surface area contributed by atoms with Gasteiger partial charge in [-0.2, -0.15) is 0 Å². The molecule has 6 heteroatoms. The lowest BCUT2D eigenvalue weighted by atomic mass is 9.45. The van der Waals surface area contributed by atoms with Crippen LogP contribution in [0.25, 0.3) is 0 Å². The molecule has 0 aromatic heterocycles. The van der Waals surface area contributed by atoms with Crippen LogP contribution in [0.4, 0.5) is 0 Å². The SMILES string of the molecule is CC(=O)O[C@H]1CC[C@]23CO[C@@H](CC4C2CC[C@@]2(C)C4CC[C@@H]2OC(C)=O)[C@@]3(Br)C1. The number of esters is 2. The lowest BCUT2D eigenvalue weighted by Gasteiger charge is -2.62. The third-order valence-electron chi connectivity index (χ3n) is 9.50. The molecule has 0 aromatic rings. The Morgan fingerprint density at radius 3 is 2.48 bits per heavy atom. The van der Waals surface area contributed by atoms with Gasteiger partial charge in [0.15, 0.2) is 0 Å². The maximum absolute atomic E-state index is 11.7. The Balaban J connectivity index is 1.43. The monoisotopic (exact) mass is 468 g/mol. The maximum atomic E-state index is 11.7. The average molecular weight is 469 g/mol. The highest BCUT2D eigenvalue weighted by Crippen LogP contribution is 2.72. The van der Waals surface area contributed by atoms with E-state index >= 15 is 0 Å². The second kappa shape index (κ2) is 6.69. The second-order valence-corrected chi connectivity index (χ2v) is 12.0. The number of hydrogen-bond acceptors (Lipinski definition) is 5. The van der Waals surface area contributed by atoms with E-state index in [-0.39, 0.29) is 45.4 Å². The zero-order valence-electron chi connectivity index (χ0n) is 17.7. The highest BCUT2D eigenvalue weighted by atomic mass is 79.9. The van der Waals surface area contributed by atoms with Crippen molar-refractivity contribution >= 4 is 27.9 Å². The van der Waals surface area contributed by atoms with Gasteiger partial charge in [-0.25, -0.2) is 0 Å². The van der Waals surface area contributed by atoms with Crippen LogP contribution in [0.1, 0.15) is 72.1 Å². The maximum Gasteiger partial charge on any atom is 0.302 e. The molecule has 3 unspecified atom stereocenters. The van der Waals surface area contributed by atoms with Gasteiger partial charge in [-0.15, -0.1) is 0 Å². The fraction of sp³-hybridized carbons (Fsp3) is 0.913. The molecule has 5 fully saturated rings. The van der Waals surface area contributed by atoms with E-state index in [4.69, 9.17) is 14.2 Å². The van der Waals surface area contributed by atoms with Crippen molar-refractivity contribution in [1.82, 2.24) is 0 Å². The lowest BCUT2D eigenvalue weighted by molar-refractivity contribution is -0.162. The molecule has 4 aliphatic carbocycles. The molecule has 2 bridgehead atoms. The highest BCUT2D eigenvalue weighted by Gasteiger charge is 2.72. The first kappa shape index (κ1) is 20.3. The van der Waals surface area contributed by atoms with Crippen LogP contribution in [0.3, 0.4) is 0 Å². The van der Waals surface area contributed by atoms with Gasteiger partial charge in [-0.05, 0) is 62.7 Å². The van der Waals surface area contributed by atoms with E-state index < -0.39 is 0 Å². The Labute approximate surface area is 181 Å². The summed E-state index contributed by atoms with van der Waals surface area (Å²) in [5.41, 5.74) is 0.238. The number of carbonyl (C=O) groups excluding carboxylic acids is 2. The van der Waals surface area contributed by atoms with Gasteiger partial charge in [-0.3, -0.25) is 9.59 Å². The summed E-state index contributed by atoms with van der Waals surface area (Å²) in [5, 5.41) is 0. The van der Waals surface area contributed by atoms with Gasteiger partial charge in [-0.1, -0.05) is 22.9 Å². The Bertz CT molecular complexity index is 726. The first-order valence-electron chi connectivity index (χ1n) is 11.3. The van der Waals surface area contributed by atoms with Gasteiger partial charge >= 0.3 is 11.9 Å². The minimum Gasteiger partial charge on any atom is -0.463 e. The van der Waals surface area contributed by atoms with Crippen LogP contribution in [-0.2, 0) is 23.8 Å². The normalized spacial score (nSPS) is 52.8. The van der Waals surface area contributed by atoms with Gasteiger partial charge in [0.2, 0.25) is 0 Å². The molecule has 5 aliphatic rings. The first-order valence-corrected chi connectivity index (χ1v) is 12.1. The van der Waals surface area contributed by atoms with Gasteiger partial charge in [0.1, 0.15) is 12.2 Å². The fourth-order valence-electron chi connectivity index (χ4n) is 8.37. The van der Waals surface area contributed by atoms with E-state index in [0.29, 0.717) is 17.8 Å². The molecule has 5 nitrogen and oxygen atoms in total. The predicted molar refractivity (Wildman–Crippen MR) is 110 cm³/mol. The summed E-state index contributed by atoms with van der Waals surface area (Å²) in [6.45, 7) is 6.24. The number of alkyl halides is 1. The van der Waals surface area contributed by atoms with E-state index in [1.807, 2.05) is 0 Å². The van der Waals surface area contributed by atoms with Gasteiger partial charge in [0.25, 0.3) is 0 Å². The van der Waals surface area contributed by atoms with Crippen molar-refractivity contribution in [3.05, 3.63) is 0 Å². The summed E-state index contributed by atoms with van der Waals surface area (Å²) < 4.78 is 17.8. The summed E-state index contributed by atoms with van der Waals surface area (Å²) >= 11 is 4.19. The van der Waals surface area contributed by atoms with Crippen LogP contribution >= 0.6 is 15.9 Å². The van der Waals surface area contributed by atoms with E-state index in [1.165, 1.54) is 20.3 Å². The highest BCUT2D eigenvalue weighted by molar-refractivity contribution is 9.10. The minimum atomic E-state index is -0.181. The van der Waals surface area contributed by atoms with E-state index in [1.54, 1.807) is 0 Å². The average Bonchev–Trinajstić information content (AvgIpc) is 3.03. The number of fused-ring (bicyclic) bond motifs is 3. The Hall–Kier alpha value is -0.620. The molecule has 9 atom stereocenters. The van der Waals surface area contributed by atoms with Crippen LogP contribution in [0.5, 0.6) is 0 Å². The third-order valence-corrected chi connectivity index (χ3v) is 11.1. The van der Waals surface area contributed by atoms with Crippen LogP contribution in [0, 0.1) is 28.6 Å². The summed E-state index contributed by atoms with van der Waals surface area (Å²) in [7, 11) is 0. The van der Waals surface area contributed by atoms with Gasteiger partial charge < -0.3 is 14.2 Å². The molecule has 0 spiro atoms. The Kier molecular flexibility index (Phi) is 4.68. The number of hydrogen-bond donors (Lipinski definition) is 0. The molecule has 0 amide bonds. The molecule has 162 valence electrons. The van der Waals surface area contributed by atoms with Crippen molar-refractivity contribution in [1.29, 1.82) is 0 Å². The third kappa shape index (κ3) is 2.73. The summed E-state index contributed by atoms with van der Waals surface area (Å²) in [6.07, 6.45) is 8.62. The van der Waals surface area contributed by atoms with Crippen LogP contribution < -0.4 is 0 Å². The zero-order valence-corrected chi connectivity index (χ0v) is 19.3. The molecule has 0 radical (unpaired) electrons. The van der Waals surface area contributed by atoms with Crippen molar-refractivity contribution in [2.24, 2.45) is 28.6 Å². The van der Waals surface area contributed by atoms with E-state index in [2.05, 4.69) is 22.9 Å². The largest absolute Gasteiger partial charge is 0.463 e. The number of halogens is 1. The molecular formula is C23H33BrO5. The zero-order chi connectivity index (χ0) is 20.6. The summed E-state index contributed by atoms with van der Waals surface area (Å²) in [5.74, 6) is 1.55. The molecule has 0 aromatic carbocycles. The predicted octanol–water partition coefficient (Wildman–Crippen LogP) is 4.40. The minimum absolute atomic E-state index is 0.00515. The lowest BCUT2D eigenvalue weighted by Crippen LogP contribution is -2.64. The second-order valence-electron chi connectivity index (χ2n) is 10.6. The van der Waals surface area contributed by atoms with Crippen molar-refractivity contribution < 1.29 is 23.8 Å². The Morgan fingerprint density at radius 2 is 1.76 bits per heavy atom. The van der Waals surface area contributed by atoms with Gasteiger partial charge in [0, 0.05) is 31.1 Å². The van der Waals surface area contributed by atoms with Gasteiger partial charge in [0.05, 0.1) is 17.0 Å². The van der Waals surface area contributed by atoms with Crippen molar-refractivity contribution in [2.75, 3.05) is 6.61 Å². The molecule has 5 rings (SSSR count). The van der Waals surface area contributed by atoms with Crippen LogP contribution in [0.15, 0.2) is 0 Å². The first-order chi connectivity index (χ1) is 13.7. The smallest absolute Gasteiger partial charge is 0.302 e. The standard InChI is InChI=1S/C23H33BrO5/c1-13(25)28-15-6-9-22-12-27-20(23(22,24)11-15)10-16-17-4-5-19(29-14(2)26)21(17,3)8-7-18(16)22/h15-20H,4-12H2,1-3H3/t15-,16?,17?,18?,19-,20-,21-,22-,23-/m0/s1. The molecule has 0 N–H and O–H groups in total. The number of ether oxygens (including phenoxy) is 3. The molecule has 1 heterocycles. The number of rotatable bonds is 2. The van der Waals surface area contributed by atoms with Crippen LogP contribution in [0.2, 0.25) is 0 Å². The molecule has 1 aliphatic heterocycles. The van der Waals surface area contributed by atoms with E-state index in [0.717, 1.165) is 51.6 Å². The fourth-order valence-corrected chi connectivity index (χ4v) is 9.66. The molecular weight excluding hydrogens is 436 g/mol. The van der Waals surface area contributed by atoms with E-state index in [9.17, 15) is 9.59 Å². The quantitative estimate of drug-likeness (QED) is 0.443. The molecule has 1 saturated heterocycles. The Morgan fingerprint density at radius 1 is 1.00 bits per heavy atom. The summed E-state index contributed by atoms with van der Waals surface area (Å²) in [6, 6.07) is 0. The molecule has 29 heavy (non-hydrogen) atoms. The summed E-state index contributed by atoms with van der Waals surface area (Å²) in [4.78, 5) is 23.2. The van der Waals surface area contributed by atoms with Crippen molar-refractivity contribution in [3.8, 4) is 0 Å². The van der Waals surface area contributed by atoms with Crippen LogP contribution in [-0.4, -0.2) is 41.2 Å². The molecule has 4 saturated carbocycles. The topological polar surface area (TPSA) is 61.8 Å². The number of carbonyl (C=O) groups is 2.